The van der Waals surface area contributed by atoms with Crippen LogP contribution in [0.4, 0.5) is 5.69 Å². The molecule has 0 N–H and O–H groups in total. The maximum Gasteiger partial charge on any atom is 0.244 e. The summed E-state index contributed by atoms with van der Waals surface area (Å²) in [6, 6.07) is 20.4. The molecule has 0 aliphatic carbocycles. The van der Waals surface area contributed by atoms with Gasteiger partial charge in [-0.05, 0) is 24.1 Å². The Labute approximate surface area is 175 Å². The number of para-hydroxylation sites is 1. The molecule has 0 saturated carbocycles. The molecule has 0 bridgehead atoms. The topological polar surface area (TPSA) is 32.8 Å². The van der Waals surface area contributed by atoms with Crippen molar-refractivity contribution < 1.29 is 9.53 Å². The van der Waals surface area contributed by atoms with Crippen LogP contribution in [0.1, 0.15) is 44.1 Å². The lowest BCUT2D eigenvalue weighted by atomic mass is 9.84. The van der Waals surface area contributed by atoms with E-state index >= 15 is 0 Å². The van der Waals surface area contributed by atoms with E-state index in [1.165, 1.54) is 18.4 Å². The fourth-order valence-electron chi connectivity index (χ4n) is 4.24. The van der Waals surface area contributed by atoms with E-state index in [1.807, 2.05) is 48.3 Å². The van der Waals surface area contributed by atoms with Crippen LogP contribution in [0, 0.1) is 0 Å². The van der Waals surface area contributed by atoms with E-state index in [4.69, 9.17) is 4.74 Å². The van der Waals surface area contributed by atoms with Gasteiger partial charge in [-0.1, -0.05) is 74.7 Å². The third kappa shape index (κ3) is 5.68. The minimum absolute atomic E-state index is 0.170. The summed E-state index contributed by atoms with van der Waals surface area (Å²) >= 11 is 0. The Kier molecular flexibility index (Phi) is 8.26. The van der Waals surface area contributed by atoms with Crippen LogP contribution in [0.3, 0.4) is 0 Å². The van der Waals surface area contributed by atoms with E-state index in [1.54, 1.807) is 0 Å². The molecule has 0 spiro atoms. The Morgan fingerprint density at radius 2 is 1.62 bits per heavy atom. The molecular weight excluding hydrogens is 360 g/mol. The Hall–Kier alpha value is -2.17. The number of benzene rings is 2. The second-order valence-electron chi connectivity index (χ2n) is 7.84. The van der Waals surface area contributed by atoms with E-state index in [9.17, 15) is 4.79 Å². The van der Waals surface area contributed by atoms with Crippen molar-refractivity contribution in [2.75, 3.05) is 38.3 Å². The molecule has 0 aromatic heterocycles. The predicted molar refractivity (Wildman–Crippen MR) is 119 cm³/mol. The molecule has 156 valence electrons. The number of carbonyl (C=O) groups excluding carboxylic acids is 1. The highest BCUT2D eigenvalue weighted by Crippen LogP contribution is 2.32. The van der Waals surface area contributed by atoms with E-state index < -0.39 is 0 Å². The Morgan fingerprint density at radius 1 is 1.00 bits per heavy atom. The third-order valence-electron chi connectivity index (χ3n) is 5.89. The molecule has 1 aliphatic heterocycles. The van der Waals surface area contributed by atoms with Gasteiger partial charge in [0.25, 0.3) is 0 Å². The smallest absolute Gasteiger partial charge is 0.244 e. The summed E-state index contributed by atoms with van der Waals surface area (Å²) in [4.78, 5) is 18.0. The normalized spacial score (nSPS) is 16.9. The summed E-state index contributed by atoms with van der Waals surface area (Å²) in [6.45, 7) is 5.21. The summed E-state index contributed by atoms with van der Waals surface area (Å²) in [5.41, 5.74) is 2.20. The summed E-state index contributed by atoms with van der Waals surface area (Å²) in [5.74, 6) is 0.350. The lowest BCUT2D eigenvalue weighted by Gasteiger charge is -2.40. The number of hydrogen-bond donors (Lipinski definition) is 0. The molecular formula is C25H34N2O2. The zero-order valence-electron chi connectivity index (χ0n) is 17.8. The molecule has 1 heterocycles. The second kappa shape index (κ2) is 11.1. The van der Waals surface area contributed by atoms with Gasteiger partial charge in [-0.25, -0.2) is 0 Å². The van der Waals surface area contributed by atoms with Crippen LogP contribution in [0.15, 0.2) is 60.7 Å². The molecule has 4 heteroatoms. The number of morpholine rings is 1. The monoisotopic (exact) mass is 394 g/mol. The molecule has 2 aromatic rings. The number of hydrogen-bond acceptors (Lipinski definition) is 3. The molecule has 2 atom stereocenters. The van der Waals surface area contributed by atoms with Crippen molar-refractivity contribution in [1.82, 2.24) is 4.90 Å². The van der Waals surface area contributed by atoms with Crippen molar-refractivity contribution in [3.05, 3.63) is 66.2 Å². The average molecular weight is 395 g/mol. The third-order valence-corrected chi connectivity index (χ3v) is 5.89. The Morgan fingerprint density at radius 3 is 2.24 bits per heavy atom. The largest absolute Gasteiger partial charge is 0.379 e. The van der Waals surface area contributed by atoms with Crippen molar-refractivity contribution in [1.29, 1.82) is 0 Å². The standard InChI is InChI=1S/C25H34N2O2/c1-3-4-7-16-23(21-12-8-5-9-13-21)24(27-17-19-29-20-18-27)25(28)26(2)22-14-10-6-11-15-22/h5-6,8-15,23-24H,3-4,7,16-20H2,1-2H3. The lowest BCUT2D eigenvalue weighted by molar-refractivity contribution is -0.126. The van der Waals surface area contributed by atoms with Gasteiger partial charge in [0.05, 0.1) is 19.3 Å². The van der Waals surface area contributed by atoms with Gasteiger partial charge in [0.1, 0.15) is 0 Å². The van der Waals surface area contributed by atoms with E-state index in [0.29, 0.717) is 13.2 Å². The fraction of sp³-hybridized carbons (Fsp3) is 0.480. The second-order valence-corrected chi connectivity index (χ2v) is 7.84. The molecule has 2 unspecified atom stereocenters. The molecule has 3 rings (SSSR count). The first kappa shape index (κ1) is 21.5. The van der Waals surface area contributed by atoms with Crippen molar-refractivity contribution >= 4 is 11.6 Å². The van der Waals surface area contributed by atoms with Crippen molar-refractivity contribution in [3.63, 3.8) is 0 Å². The minimum atomic E-state index is -0.177. The number of likely N-dealkylation sites (N-methyl/N-ethyl adjacent to an activating group) is 1. The Balaban J connectivity index is 1.93. The quantitative estimate of drug-likeness (QED) is 0.577. The van der Waals surface area contributed by atoms with Crippen LogP contribution in [-0.2, 0) is 9.53 Å². The number of rotatable bonds is 9. The average Bonchev–Trinajstić information content (AvgIpc) is 2.79. The first-order valence-corrected chi connectivity index (χ1v) is 10.9. The van der Waals surface area contributed by atoms with Crippen LogP contribution in [0.5, 0.6) is 0 Å². The number of unbranched alkanes of at least 4 members (excludes halogenated alkanes) is 2. The lowest BCUT2D eigenvalue weighted by Crippen LogP contribution is -2.54. The van der Waals surface area contributed by atoms with Gasteiger partial charge in [-0.2, -0.15) is 0 Å². The summed E-state index contributed by atoms with van der Waals surface area (Å²) < 4.78 is 5.59. The maximum absolute atomic E-state index is 13.8. The van der Waals surface area contributed by atoms with Crippen molar-refractivity contribution in [3.8, 4) is 0 Å². The van der Waals surface area contributed by atoms with E-state index in [2.05, 4.69) is 36.1 Å². The van der Waals surface area contributed by atoms with Crippen LogP contribution < -0.4 is 4.90 Å². The number of carbonyl (C=O) groups is 1. The van der Waals surface area contributed by atoms with E-state index in [0.717, 1.165) is 31.6 Å². The van der Waals surface area contributed by atoms with Crippen molar-refractivity contribution in [2.24, 2.45) is 0 Å². The van der Waals surface area contributed by atoms with E-state index in [-0.39, 0.29) is 17.9 Å². The number of amides is 1. The van der Waals surface area contributed by atoms with Crippen molar-refractivity contribution in [2.45, 2.75) is 44.6 Å². The van der Waals surface area contributed by atoms with Crippen LogP contribution >= 0.6 is 0 Å². The Bertz CT molecular complexity index is 729. The SMILES string of the molecule is CCCCCC(c1ccccc1)C(C(=O)N(C)c1ccccc1)N1CCOCC1. The summed E-state index contributed by atoms with van der Waals surface area (Å²) in [7, 11) is 1.90. The van der Waals surface area contributed by atoms with Gasteiger partial charge in [0.15, 0.2) is 0 Å². The number of nitrogens with zero attached hydrogens (tertiary/aromatic N) is 2. The first-order chi connectivity index (χ1) is 14.2. The highest BCUT2D eigenvalue weighted by molar-refractivity contribution is 5.97. The summed E-state index contributed by atoms with van der Waals surface area (Å²) in [6.07, 6.45) is 4.54. The molecule has 1 aliphatic rings. The van der Waals surface area contributed by atoms with Gasteiger partial charge in [-0.3, -0.25) is 9.69 Å². The predicted octanol–water partition coefficient (Wildman–Crippen LogP) is 4.71. The van der Waals surface area contributed by atoms with Crippen LogP contribution in [0.2, 0.25) is 0 Å². The van der Waals surface area contributed by atoms with Gasteiger partial charge in [0, 0.05) is 31.7 Å². The minimum Gasteiger partial charge on any atom is -0.379 e. The molecule has 29 heavy (non-hydrogen) atoms. The highest BCUT2D eigenvalue weighted by Gasteiger charge is 2.37. The molecule has 0 radical (unpaired) electrons. The summed E-state index contributed by atoms with van der Waals surface area (Å²) in [5, 5.41) is 0. The molecule has 4 nitrogen and oxygen atoms in total. The molecule has 2 aromatic carbocycles. The molecule has 1 fully saturated rings. The van der Waals surface area contributed by atoms with Gasteiger partial charge < -0.3 is 9.64 Å². The molecule has 1 amide bonds. The number of anilines is 1. The number of ether oxygens (including phenoxy) is 1. The first-order valence-electron chi connectivity index (χ1n) is 10.9. The fourth-order valence-corrected chi connectivity index (χ4v) is 4.24. The van der Waals surface area contributed by atoms with Gasteiger partial charge in [0.2, 0.25) is 5.91 Å². The zero-order valence-corrected chi connectivity index (χ0v) is 17.8. The van der Waals surface area contributed by atoms with Crippen LogP contribution in [0.25, 0.3) is 0 Å². The van der Waals surface area contributed by atoms with Crippen LogP contribution in [-0.4, -0.2) is 50.2 Å². The maximum atomic E-state index is 13.8. The highest BCUT2D eigenvalue weighted by atomic mass is 16.5. The zero-order chi connectivity index (χ0) is 20.5. The van der Waals surface area contributed by atoms with Gasteiger partial charge in [-0.15, -0.1) is 0 Å². The molecule has 1 saturated heterocycles. The van der Waals surface area contributed by atoms with Gasteiger partial charge >= 0.3 is 0 Å².